The molecule has 0 unspecified atom stereocenters. The second-order valence-electron chi connectivity index (χ2n) is 6.55. The Morgan fingerprint density at radius 3 is 2.64 bits per heavy atom. The summed E-state index contributed by atoms with van der Waals surface area (Å²) < 4.78 is 16.0. The second-order valence-corrected chi connectivity index (χ2v) is 7.33. The lowest BCUT2D eigenvalue weighted by atomic mass is 10.2. The van der Waals surface area contributed by atoms with E-state index in [1.54, 1.807) is 52.0 Å². The summed E-state index contributed by atoms with van der Waals surface area (Å²) in [5.74, 6) is -0.120. The van der Waals surface area contributed by atoms with Gasteiger partial charge < -0.3 is 14.2 Å². The number of carbonyl (C=O) groups is 2. The molecule has 0 spiro atoms. The molecule has 9 heteroatoms. The monoisotopic (exact) mass is 405 g/mol. The third-order valence-electron chi connectivity index (χ3n) is 3.10. The number of esters is 1. The van der Waals surface area contributed by atoms with Gasteiger partial charge in [0.05, 0.1) is 6.61 Å². The smallest absolute Gasteiger partial charge is 0.412 e. The summed E-state index contributed by atoms with van der Waals surface area (Å²) in [6.07, 6.45) is 2.60. The van der Waals surface area contributed by atoms with Gasteiger partial charge >= 0.3 is 12.1 Å². The van der Waals surface area contributed by atoms with Crippen LogP contribution in [0.5, 0.6) is 11.6 Å². The number of hydrogen-bond acceptors (Lipinski definition) is 8. The van der Waals surface area contributed by atoms with Crippen LogP contribution in [0.1, 0.15) is 38.1 Å². The third kappa shape index (κ3) is 6.41. The molecule has 1 amide bonds. The van der Waals surface area contributed by atoms with Crippen LogP contribution in [0.15, 0.2) is 35.6 Å². The van der Waals surface area contributed by atoms with Gasteiger partial charge in [-0.1, -0.05) is 17.8 Å². The number of carbonyl (C=O) groups excluding carboxylic acids is 2. The average molecular weight is 405 g/mol. The third-order valence-corrected chi connectivity index (χ3v) is 3.67. The molecule has 0 aliphatic heterocycles. The molecule has 1 aromatic heterocycles. The number of benzene rings is 1. The Hall–Kier alpha value is -2.81. The van der Waals surface area contributed by atoms with E-state index in [4.69, 9.17) is 14.2 Å². The first-order chi connectivity index (χ1) is 13.2. The zero-order chi connectivity index (χ0) is 20.7. The van der Waals surface area contributed by atoms with Crippen molar-refractivity contribution in [3.63, 3.8) is 0 Å². The molecule has 2 aromatic rings. The fraction of sp³-hybridized carbons (Fsp3) is 0.368. The molecule has 0 saturated heterocycles. The van der Waals surface area contributed by atoms with Gasteiger partial charge in [0.15, 0.2) is 5.16 Å². The van der Waals surface area contributed by atoms with E-state index in [-0.39, 0.29) is 18.1 Å². The van der Waals surface area contributed by atoms with Crippen molar-refractivity contribution in [2.45, 2.75) is 38.5 Å². The number of rotatable bonds is 6. The largest absolute Gasteiger partial charge is 0.462 e. The van der Waals surface area contributed by atoms with Gasteiger partial charge in [-0.3, -0.25) is 5.32 Å². The van der Waals surface area contributed by atoms with Gasteiger partial charge in [-0.2, -0.15) is 4.98 Å². The van der Waals surface area contributed by atoms with E-state index >= 15 is 0 Å². The number of aromatic nitrogens is 2. The van der Waals surface area contributed by atoms with Crippen molar-refractivity contribution < 1.29 is 23.8 Å². The lowest BCUT2D eigenvalue weighted by molar-refractivity contribution is 0.0521. The minimum absolute atomic E-state index is 0.0761. The van der Waals surface area contributed by atoms with E-state index in [1.165, 1.54) is 18.0 Å². The summed E-state index contributed by atoms with van der Waals surface area (Å²) in [6, 6.07) is 6.66. The number of hydrogen-bond donors (Lipinski definition) is 1. The molecule has 1 heterocycles. The van der Waals surface area contributed by atoms with Gasteiger partial charge in [-0.15, -0.1) is 0 Å². The summed E-state index contributed by atoms with van der Waals surface area (Å²) >= 11 is 1.32. The Bertz CT molecular complexity index is 852. The van der Waals surface area contributed by atoms with Crippen LogP contribution < -0.4 is 10.1 Å². The number of anilines is 1. The summed E-state index contributed by atoms with van der Waals surface area (Å²) in [7, 11) is 0. The van der Waals surface area contributed by atoms with Crippen LogP contribution in [-0.4, -0.2) is 40.5 Å². The van der Waals surface area contributed by atoms with E-state index in [9.17, 15) is 9.59 Å². The molecular weight excluding hydrogens is 382 g/mol. The highest BCUT2D eigenvalue weighted by atomic mass is 32.2. The molecule has 28 heavy (non-hydrogen) atoms. The lowest BCUT2D eigenvalue weighted by Gasteiger charge is -2.19. The van der Waals surface area contributed by atoms with Crippen molar-refractivity contribution in [3.05, 3.63) is 36.0 Å². The van der Waals surface area contributed by atoms with Gasteiger partial charge in [-0.05, 0) is 46.1 Å². The van der Waals surface area contributed by atoms with E-state index in [0.29, 0.717) is 16.6 Å². The molecule has 2 rings (SSSR count). The molecule has 0 aliphatic carbocycles. The minimum atomic E-state index is -0.609. The first-order valence-electron chi connectivity index (χ1n) is 8.58. The average Bonchev–Trinajstić information content (AvgIpc) is 2.60. The van der Waals surface area contributed by atoms with Crippen LogP contribution in [0.2, 0.25) is 0 Å². The number of ether oxygens (including phenoxy) is 3. The van der Waals surface area contributed by atoms with Crippen LogP contribution in [0.4, 0.5) is 10.5 Å². The van der Waals surface area contributed by atoms with Crippen LogP contribution in [-0.2, 0) is 9.47 Å². The van der Waals surface area contributed by atoms with Gasteiger partial charge in [-0.25, -0.2) is 14.6 Å². The maximum Gasteiger partial charge on any atom is 0.412 e. The van der Waals surface area contributed by atoms with Gasteiger partial charge in [0.25, 0.3) is 0 Å². The first-order valence-corrected chi connectivity index (χ1v) is 9.80. The Morgan fingerprint density at radius 1 is 1.25 bits per heavy atom. The lowest BCUT2D eigenvalue weighted by Crippen LogP contribution is -2.27. The van der Waals surface area contributed by atoms with Crippen LogP contribution in [0.25, 0.3) is 0 Å². The molecule has 0 aliphatic rings. The van der Waals surface area contributed by atoms with E-state index in [2.05, 4.69) is 15.3 Å². The second kappa shape index (κ2) is 9.41. The first kappa shape index (κ1) is 21.5. The van der Waals surface area contributed by atoms with Crippen LogP contribution >= 0.6 is 11.8 Å². The minimum Gasteiger partial charge on any atom is -0.462 e. The zero-order valence-electron chi connectivity index (χ0n) is 16.4. The standard InChI is InChI=1S/C19H23N3O5S/c1-6-25-16(23)14-11-20-17(28-5)22-15(14)26-13-9-7-8-12(10-13)21-18(24)27-19(2,3)4/h7-11H,6H2,1-5H3,(H,21,24). The normalized spacial score (nSPS) is 10.9. The number of nitrogens with zero attached hydrogens (tertiary/aromatic N) is 2. The highest BCUT2D eigenvalue weighted by Crippen LogP contribution is 2.27. The molecule has 0 fully saturated rings. The molecule has 0 radical (unpaired) electrons. The summed E-state index contributed by atoms with van der Waals surface area (Å²) in [5, 5.41) is 3.09. The highest BCUT2D eigenvalue weighted by molar-refractivity contribution is 7.98. The van der Waals surface area contributed by atoms with Crippen molar-refractivity contribution in [2.75, 3.05) is 18.2 Å². The van der Waals surface area contributed by atoms with Gasteiger partial charge in [0.1, 0.15) is 16.9 Å². The van der Waals surface area contributed by atoms with Crippen molar-refractivity contribution >= 4 is 29.5 Å². The maximum absolute atomic E-state index is 12.1. The molecule has 1 N–H and O–H groups in total. The predicted octanol–water partition coefficient (Wildman–Crippen LogP) is 4.51. The molecule has 0 atom stereocenters. The van der Waals surface area contributed by atoms with Crippen molar-refractivity contribution in [1.82, 2.24) is 9.97 Å². The van der Waals surface area contributed by atoms with Gasteiger partial charge in [0.2, 0.25) is 5.88 Å². The van der Waals surface area contributed by atoms with E-state index in [0.717, 1.165) is 0 Å². The Kier molecular flexibility index (Phi) is 7.22. The number of nitrogens with one attached hydrogen (secondary N) is 1. The van der Waals surface area contributed by atoms with E-state index in [1.807, 2.05) is 6.26 Å². The molecule has 0 saturated carbocycles. The topological polar surface area (TPSA) is 99.6 Å². The fourth-order valence-electron chi connectivity index (χ4n) is 2.05. The van der Waals surface area contributed by atoms with Crippen molar-refractivity contribution in [2.24, 2.45) is 0 Å². The zero-order valence-corrected chi connectivity index (χ0v) is 17.3. The number of amides is 1. The van der Waals surface area contributed by atoms with Crippen molar-refractivity contribution in [1.29, 1.82) is 0 Å². The summed E-state index contributed by atoms with van der Waals surface area (Å²) in [4.78, 5) is 32.4. The van der Waals surface area contributed by atoms with Crippen molar-refractivity contribution in [3.8, 4) is 11.6 Å². The summed E-state index contributed by atoms with van der Waals surface area (Å²) in [6.45, 7) is 7.27. The Balaban J connectivity index is 2.23. The molecule has 150 valence electrons. The van der Waals surface area contributed by atoms with Crippen LogP contribution in [0, 0.1) is 0 Å². The van der Waals surface area contributed by atoms with Gasteiger partial charge in [0, 0.05) is 18.0 Å². The van der Waals surface area contributed by atoms with E-state index < -0.39 is 17.7 Å². The summed E-state index contributed by atoms with van der Waals surface area (Å²) in [5.41, 5.74) is -0.0178. The predicted molar refractivity (Wildman–Crippen MR) is 106 cm³/mol. The Morgan fingerprint density at radius 2 is 2.00 bits per heavy atom. The molecular formula is C19H23N3O5S. The van der Waals surface area contributed by atoms with Crippen LogP contribution in [0.3, 0.4) is 0 Å². The SMILES string of the molecule is CCOC(=O)c1cnc(SC)nc1Oc1cccc(NC(=O)OC(C)(C)C)c1. The maximum atomic E-state index is 12.1. The highest BCUT2D eigenvalue weighted by Gasteiger charge is 2.19. The molecule has 8 nitrogen and oxygen atoms in total. The number of thioether (sulfide) groups is 1. The quantitative estimate of drug-likeness (QED) is 0.425. The fourth-order valence-corrected chi connectivity index (χ4v) is 2.38. The Labute approximate surface area is 168 Å². The molecule has 0 bridgehead atoms. The molecule has 1 aromatic carbocycles.